The van der Waals surface area contributed by atoms with E-state index in [1.807, 2.05) is 0 Å². The van der Waals surface area contributed by atoms with Crippen LogP contribution in [0.15, 0.2) is 53.4 Å². The third kappa shape index (κ3) is 4.18. The summed E-state index contributed by atoms with van der Waals surface area (Å²) in [6.45, 7) is 0. The highest BCUT2D eigenvalue weighted by Gasteiger charge is 2.26. The molecule has 0 spiro atoms. The van der Waals surface area contributed by atoms with Crippen LogP contribution in [-0.4, -0.2) is 33.2 Å². The smallest absolute Gasteiger partial charge is 0.341 e. The summed E-state index contributed by atoms with van der Waals surface area (Å²) in [5.41, 5.74) is 0.786. The van der Waals surface area contributed by atoms with E-state index < -0.39 is 32.4 Å². The number of carbonyl (C=O) groups is 2. The molecular weight excluding hydrogens is 356 g/mol. The van der Waals surface area contributed by atoms with Gasteiger partial charge in [-0.2, -0.15) is 8.78 Å². The average molecular weight is 369 g/mol. The molecule has 0 atom stereocenters. The summed E-state index contributed by atoms with van der Waals surface area (Å²) in [5.74, 6) is -4.61. The minimum absolute atomic E-state index is 0.0882. The summed E-state index contributed by atoms with van der Waals surface area (Å²) < 4.78 is 52.1. The van der Waals surface area contributed by atoms with Crippen molar-refractivity contribution in [3.05, 3.63) is 59.7 Å². The Bertz CT molecular complexity index is 878. The molecule has 132 valence electrons. The summed E-state index contributed by atoms with van der Waals surface area (Å²) >= 11 is 0. The lowest BCUT2D eigenvalue weighted by Crippen LogP contribution is -2.14. The number of halogens is 2. The molecule has 0 bridgehead atoms. The van der Waals surface area contributed by atoms with Crippen molar-refractivity contribution in [3.8, 4) is 0 Å². The van der Waals surface area contributed by atoms with E-state index in [1.165, 1.54) is 31.4 Å². The number of nitrogens with one attached hydrogen (secondary N) is 1. The number of anilines is 1. The molecule has 6 nitrogen and oxygen atoms in total. The Morgan fingerprint density at radius 2 is 1.48 bits per heavy atom. The zero-order chi connectivity index (χ0) is 18.6. The number of alkyl halides is 2. The van der Waals surface area contributed by atoms with Gasteiger partial charge in [0.1, 0.15) is 0 Å². The number of amides is 1. The predicted octanol–water partition coefficient (Wildman–Crippen LogP) is 2.72. The maximum absolute atomic E-state index is 12.5. The number of hydrogen-bond acceptors (Lipinski definition) is 5. The second-order valence-corrected chi connectivity index (χ2v) is 6.77. The molecule has 0 aliphatic heterocycles. The molecule has 1 N–H and O–H groups in total. The number of ether oxygens (including phenoxy) is 1. The maximum atomic E-state index is 12.5. The Balaban J connectivity index is 2.12. The second kappa shape index (κ2) is 7.39. The zero-order valence-corrected chi connectivity index (χ0v) is 13.7. The van der Waals surface area contributed by atoms with E-state index in [2.05, 4.69) is 10.1 Å². The van der Waals surface area contributed by atoms with Crippen LogP contribution in [0.5, 0.6) is 0 Å². The maximum Gasteiger partial charge on any atom is 0.341 e. The topological polar surface area (TPSA) is 89.5 Å². The molecule has 0 fully saturated rings. The number of methoxy groups -OCH3 is 1. The number of carbonyl (C=O) groups excluding carboxylic acids is 2. The van der Waals surface area contributed by atoms with Gasteiger partial charge in [-0.15, -0.1) is 0 Å². The molecule has 25 heavy (non-hydrogen) atoms. The molecule has 9 heteroatoms. The van der Waals surface area contributed by atoms with Crippen LogP contribution in [0.25, 0.3) is 0 Å². The van der Waals surface area contributed by atoms with Gasteiger partial charge in [-0.25, -0.2) is 13.2 Å². The Labute approximate surface area is 142 Å². The fraction of sp³-hybridized carbons (Fsp3) is 0.125. The number of benzene rings is 2. The van der Waals surface area contributed by atoms with Crippen LogP contribution in [0.4, 0.5) is 14.5 Å². The van der Waals surface area contributed by atoms with Gasteiger partial charge in [-0.05, 0) is 48.5 Å². The van der Waals surface area contributed by atoms with Crippen molar-refractivity contribution in [2.24, 2.45) is 0 Å². The van der Waals surface area contributed by atoms with Gasteiger partial charge in [0, 0.05) is 11.3 Å². The summed E-state index contributed by atoms with van der Waals surface area (Å²) in [5, 5.41) is 2.53. The summed E-state index contributed by atoms with van der Waals surface area (Å²) in [6, 6.07) is 10.0. The van der Waals surface area contributed by atoms with Gasteiger partial charge >= 0.3 is 11.7 Å². The van der Waals surface area contributed by atoms with Crippen molar-refractivity contribution >= 4 is 27.4 Å². The molecule has 0 aliphatic carbocycles. The molecule has 0 aromatic heterocycles. The summed E-state index contributed by atoms with van der Waals surface area (Å²) in [7, 11) is -3.46. The summed E-state index contributed by atoms with van der Waals surface area (Å²) in [4.78, 5) is 22.8. The number of hydrogen-bond donors (Lipinski definition) is 1. The van der Waals surface area contributed by atoms with Crippen LogP contribution in [0, 0.1) is 0 Å². The van der Waals surface area contributed by atoms with Crippen LogP contribution in [-0.2, 0) is 14.6 Å². The van der Waals surface area contributed by atoms with E-state index in [9.17, 15) is 26.8 Å². The Hall–Kier alpha value is -2.81. The minimum Gasteiger partial charge on any atom is -0.465 e. The number of rotatable bonds is 5. The molecule has 2 rings (SSSR count). The Morgan fingerprint density at radius 1 is 0.960 bits per heavy atom. The highest BCUT2D eigenvalue weighted by atomic mass is 32.2. The van der Waals surface area contributed by atoms with E-state index in [0.29, 0.717) is 11.3 Å². The van der Waals surface area contributed by atoms with Crippen molar-refractivity contribution in [2.75, 3.05) is 12.4 Å². The van der Waals surface area contributed by atoms with Crippen LogP contribution in [0.2, 0.25) is 0 Å². The first-order valence-corrected chi connectivity index (χ1v) is 8.42. The van der Waals surface area contributed by atoms with E-state index in [-0.39, 0.29) is 5.56 Å². The lowest BCUT2D eigenvalue weighted by atomic mass is 10.2. The van der Waals surface area contributed by atoms with Gasteiger partial charge in [0.2, 0.25) is 9.84 Å². The van der Waals surface area contributed by atoms with Gasteiger partial charge in [0.25, 0.3) is 5.91 Å². The van der Waals surface area contributed by atoms with Gasteiger partial charge < -0.3 is 10.1 Å². The zero-order valence-electron chi connectivity index (χ0n) is 12.9. The van der Waals surface area contributed by atoms with Crippen molar-refractivity contribution in [1.82, 2.24) is 0 Å². The lowest BCUT2D eigenvalue weighted by Gasteiger charge is -2.07. The normalized spacial score (nSPS) is 11.2. The molecule has 2 aromatic carbocycles. The monoisotopic (exact) mass is 369 g/mol. The van der Waals surface area contributed by atoms with E-state index in [4.69, 9.17) is 0 Å². The minimum atomic E-state index is -4.70. The Kier molecular flexibility index (Phi) is 5.48. The van der Waals surface area contributed by atoms with Crippen LogP contribution in [0.1, 0.15) is 20.7 Å². The standard InChI is InChI=1S/C16H13F2NO5S/c1-24-15(21)11-2-6-12(7-3-11)19-14(20)10-4-8-13(9-5-10)25(22,23)16(17)18/h2-9,16H,1H3,(H,19,20). The first kappa shape index (κ1) is 18.5. The molecule has 0 saturated heterocycles. The van der Waals surface area contributed by atoms with Gasteiger partial charge in [0.15, 0.2) is 0 Å². The quantitative estimate of drug-likeness (QED) is 0.819. The van der Waals surface area contributed by atoms with Gasteiger partial charge in [-0.3, -0.25) is 4.79 Å². The number of esters is 1. The van der Waals surface area contributed by atoms with Crippen LogP contribution >= 0.6 is 0 Å². The van der Waals surface area contributed by atoms with Crippen molar-refractivity contribution in [1.29, 1.82) is 0 Å². The largest absolute Gasteiger partial charge is 0.465 e. The molecule has 1 amide bonds. The molecule has 2 aromatic rings. The average Bonchev–Trinajstić information content (AvgIpc) is 2.61. The predicted molar refractivity (Wildman–Crippen MR) is 85.4 cm³/mol. The van der Waals surface area contributed by atoms with Crippen LogP contribution in [0.3, 0.4) is 0 Å². The van der Waals surface area contributed by atoms with Gasteiger partial charge in [-0.1, -0.05) is 0 Å². The highest BCUT2D eigenvalue weighted by molar-refractivity contribution is 7.91. The third-order valence-corrected chi connectivity index (χ3v) is 4.64. The van der Waals surface area contributed by atoms with Crippen molar-refractivity contribution in [3.63, 3.8) is 0 Å². The molecule has 0 heterocycles. The Morgan fingerprint density at radius 3 is 1.96 bits per heavy atom. The molecular formula is C16H13F2NO5S. The third-order valence-electron chi connectivity index (χ3n) is 3.24. The molecule has 0 aliphatic rings. The van der Waals surface area contributed by atoms with E-state index in [0.717, 1.165) is 24.3 Å². The SMILES string of the molecule is COC(=O)c1ccc(NC(=O)c2ccc(S(=O)(=O)C(F)F)cc2)cc1. The first-order chi connectivity index (χ1) is 11.8. The number of sulfone groups is 1. The van der Waals surface area contributed by atoms with Gasteiger partial charge in [0.05, 0.1) is 17.6 Å². The van der Waals surface area contributed by atoms with E-state index >= 15 is 0 Å². The molecule has 0 saturated carbocycles. The first-order valence-electron chi connectivity index (χ1n) is 6.87. The van der Waals surface area contributed by atoms with Crippen molar-refractivity contribution in [2.45, 2.75) is 10.7 Å². The molecule has 0 radical (unpaired) electrons. The summed E-state index contributed by atoms with van der Waals surface area (Å²) in [6.07, 6.45) is 0. The van der Waals surface area contributed by atoms with E-state index in [1.54, 1.807) is 0 Å². The fourth-order valence-electron chi connectivity index (χ4n) is 1.91. The second-order valence-electron chi connectivity index (χ2n) is 4.85. The molecule has 0 unspecified atom stereocenters. The highest BCUT2D eigenvalue weighted by Crippen LogP contribution is 2.19. The van der Waals surface area contributed by atoms with Crippen molar-refractivity contribution < 1.29 is 31.5 Å². The lowest BCUT2D eigenvalue weighted by molar-refractivity contribution is 0.0600. The van der Waals surface area contributed by atoms with Crippen LogP contribution < -0.4 is 5.32 Å². The fourth-order valence-corrected chi connectivity index (χ4v) is 2.63.